The molecule has 0 radical (unpaired) electrons. The van der Waals surface area contributed by atoms with E-state index in [1.54, 1.807) is 14.0 Å². The van der Waals surface area contributed by atoms with Gasteiger partial charge in [-0.25, -0.2) is 0 Å². The minimum atomic E-state index is -0.436. The fraction of sp³-hybridized carbons (Fsp3) is 0.647. The van der Waals surface area contributed by atoms with Crippen LogP contribution in [-0.4, -0.2) is 55.2 Å². The number of benzene rings is 1. The van der Waals surface area contributed by atoms with Crippen LogP contribution in [0.4, 0.5) is 0 Å². The summed E-state index contributed by atoms with van der Waals surface area (Å²) in [4.78, 5) is 4.80. The van der Waals surface area contributed by atoms with Crippen LogP contribution in [-0.2, 0) is 6.54 Å². The number of hydrogen-bond acceptors (Lipinski definition) is 4. The number of aliphatic hydroxyl groups is 1. The van der Waals surface area contributed by atoms with Crippen molar-refractivity contribution in [1.29, 1.82) is 0 Å². The van der Waals surface area contributed by atoms with Crippen LogP contribution in [0.1, 0.15) is 37.0 Å². The number of nitrogens with zero attached hydrogens (tertiary/aromatic N) is 2. The molecule has 4 heteroatoms. The summed E-state index contributed by atoms with van der Waals surface area (Å²) in [5.74, 6) is 0.911. The standard InChI is InChI=1S/C17H28N2O2/c1-13(20)14-5-6-17(21-4)15(11-14)12-19-9-7-16(8-10-19)18(2)3/h5-6,11,13,16,20H,7-10,12H2,1-4H3. The molecule has 1 fully saturated rings. The molecule has 21 heavy (non-hydrogen) atoms. The van der Waals surface area contributed by atoms with Crippen LogP contribution in [0.3, 0.4) is 0 Å². The van der Waals surface area contributed by atoms with Crippen molar-refractivity contribution >= 4 is 0 Å². The molecular weight excluding hydrogens is 264 g/mol. The third kappa shape index (κ3) is 4.19. The third-order valence-corrected chi connectivity index (χ3v) is 4.47. The molecule has 1 heterocycles. The van der Waals surface area contributed by atoms with Gasteiger partial charge in [-0.3, -0.25) is 4.90 Å². The molecule has 4 nitrogen and oxygen atoms in total. The molecule has 1 saturated heterocycles. The number of hydrogen-bond donors (Lipinski definition) is 1. The summed E-state index contributed by atoms with van der Waals surface area (Å²) in [7, 11) is 6.03. The minimum absolute atomic E-state index is 0.436. The molecule has 1 aliphatic heterocycles. The third-order valence-electron chi connectivity index (χ3n) is 4.47. The van der Waals surface area contributed by atoms with Crippen LogP contribution in [0.25, 0.3) is 0 Å². The Balaban J connectivity index is 2.04. The van der Waals surface area contributed by atoms with Crippen molar-refractivity contribution in [2.75, 3.05) is 34.3 Å². The summed E-state index contributed by atoms with van der Waals surface area (Å²) in [5.41, 5.74) is 2.12. The molecular formula is C17H28N2O2. The fourth-order valence-corrected chi connectivity index (χ4v) is 3.02. The lowest BCUT2D eigenvalue weighted by Crippen LogP contribution is -2.41. The van der Waals surface area contributed by atoms with Crippen LogP contribution in [0.15, 0.2) is 18.2 Å². The van der Waals surface area contributed by atoms with Crippen molar-refractivity contribution in [1.82, 2.24) is 9.80 Å². The summed E-state index contributed by atoms with van der Waals surface area (Å²) in [5, 5.41) is 9.75. The van der Waals surface area contributed by atoms with Crippen LogP contribution in [0.5, 0.6) is 5.75 Å². The second-order valence-corrected chi connectivity index (χ2v) is 6.22. The van der Waals surface area contributed by atoms with Gasteiger partial charge in [-0.1, -0.05) is 6.07 Å². The molecule has 0 aliphatic carbocycles. The first-order chi connectivity index (χ1) is 10.0. The molecule has 118 valence electrons. The molecule has 1 atom stereocenters. The zero-order valence-electron chi connectivity index (χ0n) is 13.7. The molecule has 0 saturated carbocycles. The van der Waals surface area contributed by atoms with Gasteiger partial charge in [0.2, 0.25) is 0 Å². The van der Waals surface area contributed by atoms with Gasteiger partial charge in [0, 0.05) is 18.2 Å². The Bertz CT molecular complexity index is 452. The number of ether oxygens (including phenoxy) is 1. The fourth-order valence-electron chi connectivity index (χ4n) is 3.02. The monoisotopic (exact) mass is 292 g/mol. The van der Waals surface area contributed by atoms with E-state index in [-0.39, 0.29) is 0 Å². The first-order valence-corrected chi connectivity index (χ1v) is 7.75. The molecule has 1 unspecified atom stereocenters. The van der Waals surface area contributed by atoms with Gasteiger partial charge in [0.25, 0.3) is 0 Å². The Kier molecular flexibility index (Phi) is 5.62. The molecule has 1 aromatic rings. The van der Waals surface area contributed by atoms with E-state index in [0.29, 0.717) is 6.04 Å². The average molecular weight is 292 g/mol. The van der Waals surface area contributed by atoms with Gasteiger partial charge in [-0.05, 0) is 64.6 Å². The largest absolute Gasteiger partial charge is 0.496 e. The lowest BCUT2D eigenvalue weighted by Gasteiger charge is -2.35. The zero-order valence-corrected chi connectivity index (χ0v) is 13.7. The zero-order chi connectivity index (χ0) is 15.4. The number of rotatable bonds is 5. The first-order valence-electron chi connectivity index (χ1n) is 7.75. The summed E-state index contributed by atoms with van der Waals surface area (Å²) in [6, 6.07) is 6.67. The van der Waals surface area contributed by atoms with E-state index >= 15 is 0 Å². The van der Waals surface area contributed by atoms with E-state index in [1.807, 2.05) is 12.1 Å². The van der Waals surface area contributed by atoms with Crippen LogP contribution in [0, 0.1) is 0 Å². The van der Waals surface area contributed by atoms with Gasteiger partial charge in [-0.2, -0.15) is 0 Å². The number of methoxy groups -OCH3 is 1. The number of aliphatic hydroxyl groups excluding tert-OH is 1. The van der Waals surface area contributed by atoms with Gasteiger partial charge < -0.3 is 14.7 Å². The summed E-state index contributed by atoms with van der Waals surface area (Å²) >= 11 is 0. The van der Waals surface area contributed by atoms with Crippen molar-refractivity contribution < 1.29 is 9.84 Å². The Morgan fingerprint density at radius 1 is 1.33 bits per heavy atom. The molecule has 0 aromatic heterocycles. The smallest absolute Gasteiger partial charge is 0.123 e. The van der Waals surface area contributed by atoms with Crippen molar-refractivity contribution in [3.05, 3.63) is 29.3 Å². The average Bonchev–Trinajstić information content (AvgIpc) is 2.47. The molecule has 0 bridgehead atoms. The van der Waals surface area contributed by atoms with E-state index in [1.165, 1.54) is 18.4 Å². The SMILES string of the molecule is COc1ccc(C(C)O)cc1CN1CCC(N(C)C)CC1. The van der Waals surface area contributed by atoms with Crippen LogP contribution < -0.4 is 4.74 Å². The van der Waals surface area contributed by atoms with Crippen LogP contribution in [0.2, 0.25) is 0 Å². The molecule has 1 aromatic carbocycles. The predicted molar refractivity (Wildman–Crippen MR) is 85.6 cm³/mol. The van der Waals surface area contributed by atoms with E-state index in [4.69, 9.17) is 4.74 Å². The van der Waals surface area contributed by atoms with Crippen molar-refractivity contribution in [2.45, 2.75) is 38.5 Å². The second kappa shape index (κ2) is 7.25. The van der Waals surface area contributed by atoms with Gasteiger partial charge >= 0.3 is 0 Å². The maximum absolute atomic E-state index is 9.75. The van der Waals surface area contributed by atoms with Crippen LogP contribution >= 0.6 is 0 Å². The number of piperidine rings is 1. The minimum Gasteiger partial charge on any atom is -0.496 e. The molecule has 1 N–H and O–H groups in total. The highest BCUT2D eigenvalue weighted by Gasteiger charge is 2.21. The Labute approximate surface area is 128 Å². The summed E-state index contributed by atoms with van der Waals surface area (Å²) in [6.45, 7) is 4.92. The molecule has 0 amide bonds. The van der Waals surface area contributed by atoms with Gasteiger partial charge in [0.05, 0.1) is 13.2 Å². The molecule has 2 rings (SSSR count). The molecule has 1 aliphatic rings. The Hall–Kier alpha value is -1.10. The highest BCUT2D eigenvalue weighted by atomic mass is 16.5. The second-order valence-electron chi connectivity index (χ2n) is 6.22. The van der Waals surface area contributed by atoms with Crippen molar-refractivity contribution in [2.24, 2.45) is 0 Å². The lowest BCUT2D eigenvalue weighted by atomic mass is 10.0. The topological polar surface area (TPSA) is 35.9 Å². The van der Waals surface area contributed by atoms with E-state index < -0.39 is 6.10 Å². The van der Waals surface area contributed by atoms with E-state index in [2.05, 4.69) is 30.0 Å². The summed E-state index contributed by atoms with van der Waals surface area (Å²) in [6.07, 6.45) is 1.99. The van der Waals surface area contributed by atoms with E-state index in [0.717, 1.165) is 30.9 Å². The van der Waals surface area contributed by atoms with Crippen molar-refractivity contribution in [3.8, 4) is 5.75 Å². The van der Waals surface area contributed by atoms with Gasteiger partial charge in [0.1, 0.15) is 5.75 Å². The maximum atomic E-state index is 9.75. The maximum Gasteiger partial charge on any atom is 0.123 e. The normalized spacial score (nSPS) is 19.0. The molecule has 0 spiro atoms. The highest BCUT2D eigenvalue weighted by Crippen LogP contribution is 2.26. The predicted octanol–water partition coefficient (Wildman–Crippen LogP) is 2.27. The highest BCUT2D eigenvalue weighted by molar-refractivity contribution is 5.38. The summed E-state index contributed by atoms with van der Waals surface area (Å²) < 4.78 is 5.46. The van der Waals surface area contributed by atoms with Gasteiger partial charge in [-0.15, -0.1) is 0 Å². The van der Waals surface area contributed by atoms with E-state index in [9.17, 15) is 5.11 Å². The lowest BCUT2D eigenvalue weighted by molar-refractivity contribution is 0.139. The van der Waals surface area contributed by atoms with Crippen molar-refractivity contribution in [3.63, 3.8) is 0 Å². The quantitative estimate of drug-likeness (QED) is 0.903. The van der Waals surface area contributed by atoms with Gasteiger partial charge in [0.15, 0.2) is 0 Å². The Morgan fingerprint density at radius 3 is 2.52 bits per heavy atom. The Morgan fingerprint density at radius 2 is 2.00 bits per heavy atom. The number of likely N-dealkylation sites (tertiary alicyclic amines) is 1. The first kappa shape index (κ1) is 16.3.